The first-order valence-corrected chi connectivity index (χ1v) is 12.0. The summed E-state index contributed by atoms with van der Waals surface area (Å²) in [6, 6.07) is 21.1. The standard InChI is InChI=1S/C28H34N4/c29-19-11-5-3-1-2-4-6-12-22-32(27-17-20-30-25-15-9-7-13-23(25)27)28-18-21-31-26-16-10-8-14-24(26)28/h7-10,13-18,20-21H,1-6,11-12,19,22,29H2. The summed E-state index contributed by atoms with van der Waals surface area (Å²) in [6.45, 7) is 1.80. The third-order valence-electron chi connectivity index (χ3n) is 6.17. The lowest BCUT2D eigenvalue weighted by Crippen LogP contribution is -2.19. The van der Waals surface area contributed by atoms with Crippen LogP contribution in [0.1, 0.15) is 51.4 Å². The number of hydrogen-bond acceptors (Lipinski definition) is 4. The largest absolute Gasteiger partial charge is 0.340 e. The summed E-state index contributed by atoms with van der Waals surface area (Å²) < 4.78 is 0. The number of unbranched alkanes of at least 4 members (excludes halogenated alkanes) is 7. The highest BCUT2D eigenvalue weighted by Gasteiger charge is 2.15. The summed E-state index contributed by atoms with van der Waals surface area (Å²) in [7, 11) is 0. The molecule has 2 N–H and O–H groups in total. The molecule has 0 bridgehead atoms. The molecule has 0 saturated heterocycles. The Labute approximate surface area is 191 Å². The number of fused-ring (bicyclic) bond motifs is 2. The fourth-order valence-electron chi connectivity index (χ4n) is 4.48. The fraction of sp³-hybridized carbons (Fsp3) is 0.357. The van der Waals surface area contributed by atoms with Gasteiger partial charge in [0.05, 0.1) is 22.4 Å². The average molecular weight is 427 g/mol. The number of hydrogen-bond donors (Lipinski definition) is 1. The zero-order chi connectivity index (χ0) is 22.0. The average Bonchev–Trinajstić information content (AvgIpc) is 2.85. The van der Waals surface area contributed by atoms with Gasteiger partial charge in [-0.05, 0) is 43.7 Å². The van der Waals surface area contributed by atoms with Gasteiger partial charge in [-0.25, -0.2) is 0 Å². The van der Waals surface area contributed by atoms with Crippen LogP contribution in [0.5, 0.6) is 0 Å². The summed E-state index contributed by atoms with van der Waals surface area (Å²) in [4.78, 5) is 11.6. The van der Waals surface area contributed by atoms with Gasteiger partial charge in [0, 0.05) is 29.7 Å². The van der Waals surface area contributed by atoms with Crippen LogP contribution in [-0.4, -0.2) is 23.1 Å². The number of nitrogens with zero attached hydrogens (tertiary/aromatic N) is 3. The monoisotopic (exact) mass is 426 g/mol. The number of pyridine rings is 2. The molecule has 4 nitrogen and oxygen atoms in total. The van der Waals surface area contributed by atoms with Crippen LogP contribution in [0.2, 0.25) is 0 Å². The summed E-state index contributed by atoms with van der Waals surface area (Å²) in [5, 5.41) is 2.38. The van der Waals surface area contributed by atoms with Crippen LogP contribution in [0.25, 0.3) is 21.8 Å². The molecule has 0 saturated carbocycles. The SMILES string of the molecule is NCCCCCCCCCCN(c1ccnc2ccccc12)c1ccnc2ccccc12. The Hall–Kier alpha value is -2.98. The molecular formula is C28H34N4. The molecule has 2 heterocycles. The maximum Gasteiger partial charge on any atom is 0.0722 e. The van der Waals surface area contributed by atoms with Crippen LogP contribution in [0.3, 0.4) is 0 Å². The Morgan fingerprint density at radius 3 is 1.56 bits per heavy atom. The quantitative estimate of drug-likeness (QED) is 0.248. The van der Waals surface area contributed by atoms with Gasteiger partial charge in [0.2, 0.25) is 0 Å². The maximum atomic E-state index is 5.59. The molecule has 0 radical (unpaired) electrons. The van der Waals surface area contributed by atoms with E-state index in [0.29, 0.717) is 0 Å². The van der Waals surface area contributed by atoms with E-state index >= 15 is 0 Å². The molecule has 4 heteroatoms. The zero-order valence-electron chi connectivity index (χ0n) is 18.9. The van der Waals surface area contributed by atoms with Crippen molar-refractivity contribution in [3.8, 4) is 0 Å². The molecule has 0 fully saturated rings. The van der Waals surface area contributed by atoms with Crippen LogP contribution in [-0.2, 0) is 0 Å². The topological polar surface area (TPSA) is 55.0 Å². The van der Waals surface area contributed by atoms with E-state index in [4.69, 9.17) is 5.73 Å². The number of para-hydroxylation sites is 2. The first-order valence-electron chi connectivity index (χ1n) is 12.0. The highest BCUT2D eigenvalue weighted by Crippen LogP contribution is 2.35. The van der Waals surface area contributed by atoms with Crippen molar-refractivity contribution in [3.05, 3.63) is 73.1 Å². The number of aromatic nitrogens is 2. The molecule has 0 aliphatic carbocycles. The molecule has 166 valence electrons. The summed E-state index contributed by atoms with van der Waals surface area (Å²) in [6.07, 6.45) is 14.0. The highest BCUT2D eigenvalue weighted by atomic mass is 15.1. The minimum Gasteiger partial charge on any atom is -0.340 e. The van der Waals surface area contributed by atoms with Crippen molar-refractivity contribution in [1.82, 2.24) is 9.97 Å². The Bertz CT molecular complexity index is 1030. The molecule has 2 aromatic carbocycles. The van der Waals surface area contributed by atoms with E-state index in [-0.39, 0.29) is 0 Å². The fourth-order valence-corrected chi connectivity index (χ4v) is 4.48. The van der Waals surface area contributed by atoms with E-state index in [9.17, 15) is 0 Å². The molecular weight excluding hydrogens is 392 g/mol. The van der Waals surface area contributed by atoms with Crippen molar-refractivity contribution in [3.63, 3.8) is 0 Å². The predicted molar refractivity (Wildman–Crippen MR) is 136 cm³/mol. The Morgan fingerprint density at radius 1 is 0.562 bits per heavy atom. The lowest BCUT2D eigenvalue weighted by Gasteiger charge is -2.27. The summed E-state index contributed by atoms with van der Waals surface area (Å²) >= 11 is 0. The van der Waals surface area contributed by atoms with E-state index in [1.54, 1.807) is 0 Å². The number of nitrogens with two attached hydrogens (primary N) is 1. The second-order valence-corrected chi connectivity index (χ2v) is 8.46. The van der Waals surface area contributed by atoms with Crippen LogP contribution >= 0.6 is 0 Å². The second kappa shape index (κ2) is 11.6. The molecule has 32 heavy (non-hydrogen) atoms. The first-order chi connectivity index (χ1) is 15.9. The van der Waals surface area contributed by atoms with Crippen molar-refractivity contribution in [2.24, 2.45) is 5.73 Å². The second-order valence-electron chi connectivity index (χ2n) is 8.46. The van der Waals surface area contributed by atoms with Gasteiger partial charge in [-0.2, -0.15) is 0 Å². The Balaban J connectivity index is 1.53. The number of anilines is 2. The van der Waals surface area contributed by atoms with Gasteiger partial charge in [0.15, 0.2) is 0 Å². The normalized spacial score (nSPS) is 11.3. The molecule has 0 atom stereocenters. The van der Waals surface area contributed by atoms with Crippen LogP contribution in [0.4, 0.5) is 11.4 Å². The van der Waals surface area contributed by atoms with Gasteiger partial charge in [0.25, 0.3) is 0 Å². The third kappa shape index (κ3) is 5.43. The van der Waals surface area contributed by atoms with Gasteiger partial charge < -0.3 is 10.6 Å². The van der Waals surface area contributed by atoms with E-state index in [1.807, 2.05) is 12.4 Å². The molecule has 0 aliphatic heterocycles. The number of benzene rings is 2. The van der Waals surface area contributed by atoms with E-state index in [1.165, 1.54) is 60.7 Å². The van der Waals surface area contributed by atoms with E-state index in [2.05, 4.69) is 75.5 Å². The molecule has 4 aromatic rings. The van der Waals surface area contributed by atoms with Crippen molar-refractivity contribution in [2.75, 3.05) is 18.0 Å². The van der Waals surface area contributed by atoms with Crippen LogP contribution in [0.15, 0.2) is 73.1 Å². The molecule has 0 aliphatic rings. The molecule has 0 unspecified atom stereocenters. The number of rotatable bonds is 12. The van der Waals surface area contributed by atoms with Gasteiger partial charge in [0.1, 0.15) is 0 Å². The Kier molecular flexibility index (Phi) is 8.05. The minimum absolute atomic E-state index is 0.823. The highest BCUT2D eigenvalue weighted by molar-refractivity contribution is 5.99. The lowest BCUT2D eigenvalue weighted by atomic mass is 10.1. The third-order valence-corrected chi connectivity index (χ3v) is 6.17. The van der Waals surface area contributed by atoms with Crippen molar-refractivity contribution >= 4 is 33.2 Å². The van der Waals surface area contributed by atoms with Crippen molar-refractivity contribution < 1.29 is 0 Å². The predicted octanol–water partition coefficient (Wildman–Crippen LogP) is 7.00. The van der Waals surface area contributed by atoms with Crippen LogP contribution < -0.4 is 10.6 Å². The summed E-state index contributed by atoms with van der Waals surface area (Å²) in [5.41, 5.74) is 10.1. The van der Waals surface area contributed by atoms with Gasteiger partial charge in [-0.3, -0.25) is 9.97 Å². The summed E-state index contributed by atoms with van der Waals surface area (Å²) in [5.74, 6) is 0. The van der Waals surface area contributed by atoms with Gasteiger partial charge >= 0.3 is 0 Å². The van der Waals surface area contributed by atoms with Gasteiger partial charge in [-0.15, -0.1) is 0 Å². The molecule has 0 amide bonds. The molecule has 4 rings (SSSR count). The molecule has 0 spiro atoms. The van der Waals surface area contributed by atoms with Crippen LogP contribution in [0, 0.1) is 0 Å². The lowest BCUT2D eigenvalue weighted by molar-refractivity contribution is 0.571. The van der Waals surface area contributed by atoms with E-state index < -0.39 is 0 Å². The van der Waals surface area contributed by atoms with Crippen molar-refractivity contribution in [1.29, 1.82) is 0 Å². The van der Waals surface area contributed by atoms with Crippen molar-refractivity contribution in [2.45, 2.75) is 51.4 Å². The minimum atomic E-state index is 0.823. The zero-order valence-corrected chi connectivity index (χ0v) is 18.9. The van der Waals surface area contributed by atoms with E-state index in [0.717, 1.165) is 37.0 Å². The molecule has 2 aromatic heterocycles. The maximum absolute atomic E-state index is 5.59. The first kappa shape index (κ1) is 22.2. The van der Waals surface area contributed by atoms with Gasteiger partial charge in [-0.1, -0.05) is 74.9 Å². The Morgan fingerprint density at radius 2 is 1.03 bits per heavy atom. The smallest absolute Gasteiger partial charge is 0.0722 e.